The normalized spacial score (nSPS) is 18.2. The van der Waals surface area contributed by atoms with Gasteiger partial charge in [0.15, 0.2) is 0 Å². The van der Waals surface area contributed by atoms with Gasteiger partial charge in [0.25, 0.3) is 0 Å². The van der Waals surface area contributed by atoms with Gasteiger partial charge in [-0.2, -0.15) is 0 Å². The fourth-order valence-electron chi connectivity index (χ4n) is 2.11. The molecule has 0 spiro atoms. The number of nitrogens with two attached hydrogens (primary N) is 1. The predicted octanol–water partition coefficient (Wildman–Crippen LogP) is 2.75. The maximum atomic E-state index is 11.9. The molecule has 1 aromatic carbocycles. The highest BCUT2D eigenvalue weighted by atomic mass is 79.9. The van der Waals surface area contributed by atoms with Crippen LogP contribution in [0.15, 0.2) is 28.7 Å². The zero-order chi connectivity index (χ0) is 13.1. The van der Waals surface area contributed by atoms with Crippen LogP contribution in [0.4, 0.5) is 0 Å². The molecule has 1 aliphatic carbocycles. The summed E-state index contributed by atoms with van der Waals surface area (Å²) < 4.78 is 1.02. The number of hydrogen-bond acceptors (Lipinski definition) is 2. The molecule has 1 aliphatic rings. The van der Waals surface area contributed by atoms with Crippen LogP contribution in [-0.4, -0.2) is 11.9 Å². The maximum Gasteiger partial charge on any atom is 0.222 e. The lowest BCUT2D eigenvalue weighted by Crippen LogP contribution is -2.34. The third kappa shape index (κ3) is 3.56. The Balaban J connectivity index is 1.88. The number of carbonyl (C=O) groups is 1. The van der Waals surface area contributed by atoms with Gasteiger partial charge in [0.2, 0.25) is 5.91 Å². The first kappa shape index (κ1) is 13.6. The Morgan fingerprint density at radius 3 is 2.78 bits per heavy atom. The van der Waals surface area contributed by atoms with Crippen LogP contribution in [0.2, 0.25) is 0 Å². The zero-order valence-corrected chi connectivity index (χ0v) is 12.1. The van der Waals surface area contributed by atoms with Crippen LogP contribution in [0.3, 0.4) is 0 Å². The van der Waals surface area contributed by atoms with E-state index in [1.54, 1.807) is 0 Å². The quantitative estimate of drug-likeness (QED) is 0.878. The van der Waals surface area contributed by atoms with Crippen LogP contribution in [0.25, 0.3) is 0 Å². The summed E-state index contributed by atoms with van der Waals surface area (Å²) in [5.74, 6) is 0.604. The molecule has 2 rings (SSSR count). The lowest BCUT2D eigenvalue weighted by atomic mass is 10.1. The van der Waals surface area contributed by atoms with Gasteiger partial charge < -0.3 is 11.1 Å². The van der Waals surface area contributed by atoms with Crippen molar-refractivity contribution in [3.63, 3.8) is 0 Å². The topological polar surface area (TPSA) is 55.1 Å². The van der Waals surface area contributed by atoms with E-state index in [1.807, 2.05) is 31.2 Å². The van der Waals surface area contributed by atoms with E-state index >= 15 is 0 Å². The zero-order valence-electron chi connectivity index (χ0n) is 10.5. The molecule has 0 aromatic heterocycles. The molecular formula is C14H19BrN2O. The van der Waals surface area contributed by atoms with Crippen molar-refractivity contribution in [1.29, 1.82) is 0 Å². The summed E-state index contributed by atoms with van der Waals surface area (Å²) in [7, 11) is 0. The summed E-state index contributed by atoms with van der Waals surface area (Å²) in [6.07, 6.45) is 2.78. The van der Waals surface area contributed by atoms with Crippen molar-refractivity contribution < 1.29 is 4.79 Å². The Bertz CT molecular complexity index is 432. The second kappa shape index (κ2) is 5.85. The molecule has 3 N–H and O–H groups in total. The van der Waals surface area contributed by atoms with Crippen LogP contribution in [-0.2, 0) is 4.79 Å². The number of halogens is 1. The van der Waals surface area contributed by atoms with Crippen LogP contribution in [0.1, 0.15) is 37.8 Å². The van der Waals surface area contributed by atoms with Crippen LogP contribution < -0.4 is 11.1 Å². The SMILES string of the molecule is C[C@@H](NC(=O)CC(N)C1CC1)c1ccccc1Br. The second-order valence-corrected chi connectivity index (χ2v) is 5.87. The number of nitrogens with one attached hydrogen (secondary N) is 1. The Labute approximate surface area is 116 Å². The van der Waals surface area contributed by atoms with Crippen molar-refractivity contribution in [3.05, 3.63) is 34.3 Å². The lowest BCUT2D eigenvalue weighted by Gasteiger charge is -2.17. The fourth-order valence-corrected chi connectivity index (χ4v) is 2.74. The molecule has 1 aromatic rings. The van der Waals surface area contributed by atoms with Gasteiger partial charge in [0, 0.05) is 16.9 Å². The van der Waals surface area contributed by atoms with Crippen molar-refractivity contribution in [1.82, 2.24) is 5.32 Å². The smallest absolute Gasteiger partial charge is 0.222 e. The van der Waals surface area contributed by atoms with E-state index in [4.69, 9.17) is 5.73 Å². The van der Waals surface area contributed by atoms with E-state index in [9.17, 15) is 4.79 Å². The summed E-state index contributed by atoms with van der Waals surface area (Å²) in [6, 6.07) is 7.95. The highest BCUT2D eigenvalue weighted by Crippen LogP contribution is 2.32. The van der Waals surface area contributed by atoms with Crippen LogP contribution >= 0.6 is 15.9 Å². The number of rotatable bonds is 5. The lowest BCUT2D eigenvalue weighted by molar-refractivity contribution is -0.122. The van der Waals surface area contributed by atoms with Gasteiger partial charge in [-0.25, -0.2) is 0 Å². The molecule has 2 atom stereocenters. The number of hydrogen-bond donors (Lipinski definition) is 2. The van der Waals surface area contributed by atoms with E-state index in [-0.39, 0.29) is 18.0 Å². The average Bonchev–Trinajstić information content (AvgIpc) is 3.12. The monoisotopic (exact) mass is 310 g/mol. The molecule has 0 saturated heterocycles. The van der Waals surface area contributed by atoms with E-state index in [1.165, 1.54) is 12.8 Å². The molecule has 18 heavy (non-hydrogen) atoms. The number of amides is 1. The molecule has 3 nitrogen and oxygen atoms in total. The van der Waals surface area contributed by atoms with Gasteiger partial charge in [-0.3, -0.25) is 4.79 Å². The average molecular weight is 311 g/mol. The van der Waals surface area contributed by atoms with E-state index < -0.39 is 0 Å². The standard InChI is InChI=1S/C14H19BrN2O/c1-9(11-4-2-3-5-12(11)15)17-14(18)8-13(16)10-6-7-10/h2-5,9-10,13H,6-8,16H2,1H3,(H,17,18)/t9-,13?/m1/s1. The summed E-state index contributed by atoms with van der Waals surface area (Å²) in [6.45, 7) is 1.99. The highest BCUT2D eigenvalue weighted by Gasteiger charge is 2.30. The van der Waals surface area contributed by atoms with Gasteiger partial charge in [0.1, 0.15) is 0 Å². The molecule has 98 valence electrons. The van der Waals surface area contributed by atoms with Gasteiger partial charge >= 0.3 is 0 Å². The molecular weight excluding hydrogens is 292 g/mol. The largest absolute Gasteiger partial charge is 0.349 e. The third-order valence-corrected chi connectivity index (χ3v) is 4.12. The fraction of sp³-hybridized carbons (Fsp3) is 0.500. The molecule has 0 radical (unpaired) electrons. The molecule has 0 heterocycles. The van der Waals surface area contributed by atoms with Crippen molar-refractivity contribution >= 4 is 21.8 Å². The number of benzene rings is 1. The van der Waals surface area contributed by atoms with E-state index in [2.05, 4.69) is 21.2 Å². The predicted molar refractivity (Wildman–Crippen MR) is 76.0 cm³/mol. The maximum absolute atomic E-state index is 11.9. The minimum Gasteiger partial charge on any atom is -0.349 e. The third-order valence-electron chi connectivity index (χ3n) is 3.40. The van der Waals surface area contributed by atoms with Crippen molar-refractivity contribution in [2.45, 2.75) is 38.3 Å². The first-order valence-corrected chi connectivity index (χ1v) is 7.16. The summed E-state index contributed by atoms with van der Waals surface area (Å²) in [5, 5.41) is 3.00. The minimum atomic E-state index is -0.000483. The molecule has 0 aliphatic heterocycles. The first-order chi connectivity index (χ1) is 8.58. The van der Waals surface area contributed by atoms with Gasteiger partial charge in [0.05, 0.1) is 6.04 Å². The molecule has 4 heteroatoms. The molecule has 1 fully saturated rings. The summed E-state index contributed by atoms with van der Waals surface area (Å²) in [4.78, 5) is 11.9. The highest BCUT2D eigenvalue weighted by molar-refractivity contribution is 9.10. The van der Waals surface area contributed by atoms with Crippen molar-refractivity contribution in [2.24, 2.45) is 11.7 Å². The molecule has 1 saturated carbocycles. The Hall–Kier alpha value is -0.870. The summed E-state index contributed by atoms with van der Waals surface area (Å²) in [5.41, 5.74) is 7.04. The minimum absolute atomic E-state index is 0.000483. The van der Waals surface area contributed by atoms with E-state index in [0.717, 1.165) is 10.0 Å². The van der Waals surface area contributed by atoms with Crippen molar-refractivity contribution in [3.8, 4) is 0 Å². The van der Waals surface area contributed by atoms with Gasteiger partial charge in [-0.1, -0.05) is 34.1 Å². The summed E-state index contributed by atoms with van der Waals surface area (Å²) >= 11 is 3.49. The Morgan fingerprint density at radius 2 is 2.17 bits per heavy atom. The van der Waals surface area contributed by atoms with E-state index in [0.29, 0.717) is 12.3 Å². The Kier molecular flexibility index (Phi) is 4.40. The molecule has 0 bridgehead atoms. The number of carbonyl (C=O) groups excluding carboxylic acids is 1. The van der Waals surface area contributed by atoms with Gasteiger partial charge in [-0.05, 0) is 37.3 Å². The molecule has 1 amide bonds. The first-order valence-electron chi connectivity index (χ1n) is 6.37. The van der Waals surface area contributed by atoms with Gasteiger partial charge in [-0.15, -0.1) is 0 Å². The molecule has 1 unspecified atom stereocenters. The van der Waals surface area contributed by atoms with Crippen molar-refractivity contribution in [2.75, 3.05) is 0 Å². The second-order valence-electron chi connectivity index (χ2n) is 5.02. The van der Waals surface area contributed by atoms with Crippen LogP contribution in [0.5, 0.6) is 0 Å². The van der Waals surface area contributed by atoms with Crippen LogP contribution in [0, 0.1) is 5.92 Å². The Morgan fingerprint density at radius 1 is 1.50 bits per heavy atom.